The van der Waals surface area contributed by atoms with Gasteiger partial charge in [-0.2, -0.15) is 9.40 Å². The number of aryl methyl sites for hydroxylation is 1. The van der Waals surface area contributed by atoms with Crippen LogP contribution in [0, 0.1) is 0 Å². The monoisotopic (exact) mass is 413 g/mol. The molecule has 0 amide bonds. The summed E-state index contributed by atoms with van der Waals surface area (Å²) in [6.45, 7) is 7.20. The van der Waals surface area contributed by atoms with E-state index in [0.717, 1.165) is 22.2 Å². The SMILES string of the molecule is CCC(C)c1ccc(S(=O)(=O)N(C)Cc2c(Br)cnn2CC)cc1. The van der Waals surface area contributed by atoms with Gasteiger partial charge >= 0.3 is 0 Å². The first-order chi connectivity index (χ1) is 11.3. The van der Waals surface area contributed by atoms with Gasteiger partial charge in [-0.05, 0) is 52.9 Å². The summed E-state index contributed by atoms with van der Waals surface area (Å²) >= 11 is 3.44. The molecule has 0 bridgehead atoms. The van der Waals surface area contributed by atoms with Gasteiger partial charge in [-0.25, -0.2) is 8.42 Å². The first-order valence-electron chi connectivity index (χ1n) is 8.07. The molecule has 0 saturated heterocycles. The van der Waals surface area contributed by atoms with E-state index in [2.05, 4.69) is 34.9 Å². The zero-order chi connectivity index (χ0) is 17.9. The summed E-state index contributed by atoms with van der Waals surface area (Å²) in [6, 6.07) is 7.20. The standard InChI is InChI=1S/C17H24BrN3O2S/c1-5-13(3)14-7-9-15(10-8-14)24(22,23)20(4)12-17-16(18)11-19-21(17)6-2/h7-11,13H,5-6,12H2,1-4H3. The maximum atomic E-state index is 12.8. The van der Waals surface area contributed by atoms with Crippen LogP contribution in [0.1, 0.15) is 44.4 Å². The third-order valence-corrected chi connectivity index (χ3v) is 6.82. The van der Waals surface area contributed by atoms with Crippen molar-refractivity contribution in [3.05, 3.63) is 46.2 Å². The van der Waals surface area contributed by atoms with Crippen LogP contribution in [0.5, 0.6) is 0 Å². The highest BCUT2D eigenvalue weighted by Crippen LogP contribution is 2.24. The topological polar surface area (TPSA) is 55.2 Å². The van der Waals surface area contributed by atoms with Crippen molar-refractivity contribution >= 4 is 26.0 Å². The number of aromatic nitrogens is 2. The Hall–Kier alpha value is -1.18. The summed E-state index contributed by atoms with van der Waals surface area (Å²) in [6.07, 6.45) is 2.72. The van der Waals surface area contributed by atoms with Crippen molar-refractivity contribution in [3.8, 4) is 0 Å². The minimum absolute atomic E-state index is 0.268. The van der Waals surface area contributed by atoms with E-state index >= 15 is 0 Å². The zero-order valence-electron chi connectivity index (χ0n) is 14.5. The highest BCUT2D eigenvalue weighted by molar-refractivity contribution is 9.10. The lowest BCUT2D eigenvalue weighted by Gasteiger charge is -2.19. The number of sulfonamides is 1. The Kier molecular flexibility index (Phi) is 6.22. The first kappa shape index (κ1) is 19.1. The van der Waals surface area contributed by atoms with Gasteiger partial charge in [0.15, 0.2) is 0 Å². The van der Waals surface area contributed by atoms with E-state index in [1.54, 1.807) is 30.1 Å². The molecule has 1 unspecified atom stereocenters. The summed E-state index contributed by atoms with van der Waals surface area (Å²) in [7, 11) is -1.94. The molecular formula is C17H24BrN3O2S. The number of nitrogens with zero attached hydrogens (tertiary/aromatic N) is 3. The Morgan fingerprint density at radius 1 is 1.25 bits per heavy atom. The fourth-order valence-electron chi connectivity index (χ4n) is 2.50. The lowest BCUT2D eigenvalue weighted by Crippen LogP contribution is -2.28. The van der Waals surface area contributed by atoms with Crippen LogP contribution in [0.2, 0.25) is 0 Å². The molecule has 1 aromatic carbocycles. The van der Waals surface area contributed by atoms with Gasteiger partial charge in [-0.15, -0.1) is 0 Å². The van der Waals surface area contributed by atoms with Gasteiger partial charge in [0.05, 0.1) is 27.8 Å². The van der Waals surface area contributed by atoms with E-state index in [1.165, 1.54) is 4.31 Å². The number of hydrogen-bond donors (Lipinski definition) is 0. The van der Waals surface area contributed by atoms with Crippen LogP contribution in [0.15, 0.2) is 39.8 Å². The van der Waals surface area contributed by atoms with E-state index in [1.807, 2.05) is 19.1 Å². The molecule has 1 heterocycles. The average molecular weight is 414 g/mol. The van der Waals surface area contributed by atoms with E-state index in [0.29, 0.717) is 17.4 Å². The molecule has 1 aromatic heterocycles. The molecule has 0 aliphatic rings. The highest BCUT2D eigenvalue weighted by Gasteiger charge is 2.23. The molecule has 0 spiro atoms. The smallest absolute Gasteiger partial charge is 0.243 e. The average Bonchev–Trinajstić information content (AvgIpc) is 2.94. The molecule has 1 atom stereocenters. The predicted molar refractivity (Wildman–Crippen MR) is 99.4 cm³/mol. The molecule has 0 radical (unpaired) electrons. The maximum absolute atomic E-state index is 12.8. The molecule has 2 rings (SSSR count). The fourth-order valence-corrected chi connectivity index (χ4v) is 4.05. The minimum Gasteiger partial charge on any atom is -0.267 e. The number of hydrogen-bond acceptors (Lipinski definition) is 3. The van der Waals surface area contributed by atoms with Crippen molar-refractivity contribution in [1.29, 1.82) is 0 Å². The van der Waals surface area contributed by atoms with Crippen LogP contribution in [-0.4, -0.2) is 29.6 Å². The second kappa shape index (κ2) is 7.80. The molecule has 0 N–H and O–H groups in total. The predicted octanol–water partition coefficient (Wildman–Crippen LogP) is 4.00. The Balaban J connectivity index is 2.24. The summed E-state index contributed by atoms with van der Waals surface area (Å²) in [5.74, 6) is 0.425. The van der Waals surface area contributed by atoms with E-state index in [4.69, 9.17) is 0 Å². The Bertz CT molecular complexity index is 785. The van der Waals surface area contributed by atoms with E-state index in [-0.39, 0.29) is 6.54 Å². The normalized spacial score (nSPS) is 13.4. The van der Waals surface area contributed by atoms with Gasteiger partial charge in [0, 0.05) is 13.6 Å². The van der Waals surface area contributed by atoms with Crippen molar-refractivity contribution < 1.29 is 8.42 Å². The summed E-state index contributed by atoms with van der Waals surface area (Å²) < 4.78 is 29.6. The lowest BCUT2D eigenvalue weighted by molar-refractivity contribution is 0.446. The molecule has 132 valence electrons. The minimum atomic E-state index is -3.53. The Morgan fingerprint density at radius 3 is 2.42 bits per heavy atom. The quantitative estimate of drug-likeness (QED) is 0.688. The number of rotatable bonds is 7. The van der Waals surface area contributed by atoms with Crippen molar-refractivity contribution in [3.63, 3.8) is 0 Å². The lowest BCUT2D eigenvalue weighted by atomic mass is 9.99. The van der Waals surface area contributed by atoms with Gasteiger partial charge < -0.3 is 0 Å². The van der Waals surface area contributed by atoms with Gasteiger partial charge in [-0.1, -0.05) is 26.0 Å². The summed E-state index contributed by atoms with van der Waals surface area (Å²) in [5.41, 5.74) is 2.01. The summed E-state index contributed by atoms with van der Waals surface area (Å²) in [5, 5.41) is 4.23. The second-order valence-electron chi connectivity index (χ2n) is 5.89. The molecule has 0 saturated carbocycles. The van der Waals surface area contributed by atoms with Gasteiger partial charge in [0.25, 0.3) is 0 Å². The van der Waals surface area contributed by atoms with Gasteiger partial charge in [0.2, 0.25) is 10.0 Å². The highest BCUT2D eigenvalue weighted by atomic mass is 79.9. The Labute approximate surface area is 152 Å². The van der Waals surface area contributed by atoms with Crippen LogP contribution in [-0.2, 0) is 23.1 Å². The fraction of sp³-hybridized carbons (Fsp3) is 0.471. The molecule has 2 aromatic rings. The van der Waals surface area contributed by atoms with Crippen molar-refractivity contribution in [2.45, 2.75) is 51.1 Å². The molecule has 7 heteroatoms. The maximum Gasteiger partial charge on any atom is 0.243 e. The summed E-state index contributed by atoms with van der Waals surface area (Å²) in [4.78, 5) is 0.315. The third kappa shape index (κ3) is 3.90. The molecule has 0 aliphatic heterocycles. The zero-order valence-corrected chi connectivity index (χ0v) is 16.9. The second-order valence-corrected chi connectivity index (χ2v) is 8.79. The van der Waals surface area contributed by atoms with Crippen LogP contribution < -0.4 is 0 Å². The van der Waals surface area contributed by atoms with E-state index < -0.39 is 10.0 Å². The number of halogens is 1. The number of benzene rings is 1. The van der Waals surface area contributed by atoms with Crippen molar-refractivity contribution in [1.82, 2.24) is 14.1 Å². The molecule has 5 nitrogen and oxygen atoms in total. The molecule has 0 fully saturated rings. The Morgan fingerprint density at radius 2 is 1.88 bits per heavy atom. The molecule has 24 heavy (non-hydrogen) atoms. The van der Waals surface area contributed by atoms with Gasteiger partial charge in [0.1, 0.15) is 0 Å². The largest absolute Gasteiger partial charge is 0.267 e. The molecule has 0 aliphatic carbocycles. The first-order valence-corrected chi connectivity index (χ1v) is 10.3. The van der Waals surface area contributed by atoms with Crippen LogP contribution in [0.3, 0.4) is 0 Å². The van der Waals surface area contributed by atoms with Gasteiger partial charge in [-0.3, -0.25) is 4.68 Å². The van der Waals surface area contributed by atoms with Crippen LogP contribution in [0.4, 0.5) is 0 Å². The van der Waals surface area contributed by atoms with Crippen LogP contribution in [0.25, 0.3) is 0 Å². The van der Waals surface area contributed by atoms with Crippen molar-refractivity contribution in [2.24, 2.45) is 0 Å². The van der Waals surface area contributed by atoms with Crippen LogP contribution >= 0.6 is 15.9 Å². The third-order valence-electron chi connectivity index (χ3n) is 4.34. The molecular weight excluding hydrogens is 390 g/mol. The van der Waals surface area contributed by atoms with Crippen molar-refractivity contribution in [2.75, 3.05) is 7.05 Å². The van der Waals surface area contributed by atoms with E-state index in [9.17, 15) is 8.42 Å².